The molecular weight excluding hydrogens is 350 g/mol. The summed E-state index contributed by atoms with van der Waals surface area (Å²) in [7, 11) is 0. The normalized spacial score (nSPS) is 10.5. The van der Waals surface area contributed by atoms with Crippen LogP contribution in [-0.2, 0) is 11.3 Å². The van der Waals surface area contributed by atoms with Gasteiger partial charge in [0.05, 0.1) is 17.9 Å². The molecule has 28 heavy (non-hydrogen) atoms. The number of carbonyl (C=O) groups excluding carboxylic acids is 1. The van der Waals surface area contributed by atoms with Gasteiger partial charge < -0.3 is 9.47 Å². The Balaban J connectivity index is 1.78. The highest BCUT2D eigenvalue weighted by Gasteiger charge is 2.15. The van der Waals surface area contributed by atoms with Crippen LogP contribution in [0.4, 0.5) is 0 Å². The highest BCUT2D eigenvalue weighted by atomic mass is 16.5. The van der Waals surface area contributed by atoms with Crippen LogP contribution in [-0.4, -0.2) is 17.6 Å². The molecule has 0 aliphatic rings. The van der Waals surface area contributed by atoms with E-state index in [2.05, 4.69) is 11.1 Å². The SMILES string of the molecule is CCCOC(=O)c1cccc(C)c1COc1ccc(-c2ccccn2)cc1C. The molecule has 144 valence electrons. The Morgan fingerprint density at radius 3 is 2.57 bits per heavy atom. The summed E-state index contributed by atoms with van der Waals surface area (Å²) in [6.45, 7) is 6.70. The number of carbonyl (C=O) groups is 1. The molecule has 0 saturated carbocycles. The van der Waals surface area contributed by atoms with Gasteiger partial charge in [0, 0.05) is 17.3 Å². The first-order valence-corrected chi connectivity index (χ1v) is 9.50. The second kappa shape index (κ2) is 9.18. The standard InChI is InChI=1S/C24H25NO3/c1-4-14-27-24(26)20-9-7-8-17(2)21(20)16-28-23-12-11-19(15-18(23)3)22-10-5-6-13-25-22/h5-13,15H,4,14,16H2,1-3H3. The summed E-state index contributed by atoms with van der Waals surface area (Å²) < 4.78 is 11.4. The second-order valence-corrected chi connectivity index (χ2v) is 6.72. The smallest absolute Gasteiger partial charge is 0.338 e. The number of hydrogen-bond donors (Lipinski definition) is 0. The number of ether oxygens (including phenoxy) is 2. The van der Waals surface area contributed by atoms with Crippen LogP contribution in [0.3, 0.4) is 0 Å². The molecule has 0 atom stereocenters. The summed E-state index contributed by atoms with van der Waals surface area (Å²) >= 11 is 0. The van der Waals surface area contributed by atoms with Gasteiger partial charge in [0.2, 0.25) is 0 Å². The summed E-state index contributed by atoms with van der Waals surface area (Å²) in [6, 6.07) is 17.5. The first-order valence-electron chi connectivity index (χ1n) is 9.50. The van der Waals surface area contributed by atoms with Crippen LogP contribution in [0, 0.1) is 13.8 Å². The zero-order valence-corrected chi connectivity index (χ0v) is 16.6. The average Bonchev–Trinajstić information content (AvgIpc) is 2.72. The molecule has 0 spiro atoms. The lowest BCUT2D eigenvalue weighted by Crippen LogP contribution is -2.12. The van der Waals surface area contributed by atoms with E-state index in [-0.39, 0.29) is 5.97 Å². The third kappa shape index (κ3) is 4.58. The Labute approximate surface area is 166 Å². The molecule has 4 heteroatoms. The largest absolute Gasteiger partial charge is 0.489 e. The van der Waals surface area contributed by atoms with Crippen molar-refractivity contribution in [1.29, 1.82) is 0 Å². The summed E-state index contributed by atoms with van der Waals surface area (Å²) in [5, 5.41) is 0. The first kappa shape index (κ1) is 19.6. The minimum Gasteiger partial charge on any atom is -0.489 e. The lowest BCUT2D eigenvalue weighted by molar-refractivity contribution is 0.0502. The van der Waals surface area contributed by atoms with E-state index >= 15 is 0 Å². The van der Waals surface area contributed by atoms with E-state index in [1.807, 2.05) is 63.2 Å². The molecular formula is C24H25NO3. The van der Waals surface area contributed by atoms with Crippen molar-refractivity contribution in [1.82, 2.24) is 4.98 Å². The number of pyridine rings is 1. The Bertz CT molecular complexity index is 951. The van der Waals surface area contributed by atoms with E-state index < -0.39 is 0 Å². The fourth-order valence-electron chi connectivity index (χ4n) is 3.01. The monoisotopic (exact) mass is 375 g/mol. The number of rotatable bonds is 7. The maximum absolute atomic E-state index is 12.4. The van der Waals surface area contributed by atoms with Crippen LogP contribution in [0.5, 0.6) is 5.75 Å². The molecule has 0 saturated heterocycles. The maximum atomic E-state index is 12.4. The van der Waals surface area contributed by atoms with Gasteiger partial charge in [-0.3, -0.25) is 4.98 Å². The minimum absolute atomic E-state index is 0.300. The number of benzene rings is 2. The van der Waals surface area contributed by atoms with E-state index in [1.54, 1.807) is 12.3 Å². The summed E-state index contributed by atoms with van der Waals surface area (Å²) in [5.74, 6) is 0.488. The van der Waals surface area contributed by atoms with Crippen molar-refractivity contribution in [3.05, 3.63) is 83.0 Å². The van der Waals surface area contributed by atoms with Crippen molar-refractivity contribution in [2.24, 2.45) is 0 Å². The van der Waals surface area contributed by atoms with E-state index in [4.69, 9.17) is 9.47 Å². The van der Waals surface area contributed by atoms with E-state index in [9.17, 15) is 4.79 Å². The van der Waals surface area contributed by atoms with Gasteiger partial charge in [-0.1, -0.05) is 25.1 Å². The number of hydrogen-bond acceptors (Lipinski definition) is 4. The van der Waals surface area contributed by atoms with Gasteiger partial charge in [-0.25, -0.2) is 4.79 Å². The van der Waals surface area contributed by atoms with Crippen LogP contribution < -0.4 is 4.74 Å². The predicted octanol–water partition coefficient (Wildman–Crippen LogP) is 5.51. The summed E-state index contributed by atoms with van der Waals surface area (Å²) in [6.07, 6.45) is 2.58. The molecule has 0 aliphatic carbocycles. The highest BCUT2D eigenvalue weighted by Crippen LogP contribution is 2.26. The minimum atomic E-state index is -0.300. The van der Waals surface area contributed by atoms with Crippen LogP contribution in [0.15, 0.2) is 60.8 Å². The van der Waals surface area contributed by atoms with Crippen LogP contribution in [0.1, 0.15) is 40.4 Å². The van der Waals surface area contributed by atoms with Crippen LogP contribution in [0.2, 0.25) is 0 Å². The Morgan fingerprint density at radius 2 is 1.86 bits per heavy atom. The summed E-state index contributed by atoms with van der Waals surface area (Å²) in [4.78, 5) is 16.8. The number of esters is 1. The molecule has 2 aromatic carbocycles. The van der Waals surface area contributed by atoms with Crippen LogP contribution >= 0.6 is 0 Å². The third-order valence-electron chi connectivity index (χ3n) is 4.58. The van der Waals surface area contributed by atoms with Gasteiger partial charge in [0.1, 0.15) is 12.4 Å². The lowest BCUT2D eigenvalue weighted by Gasteiger charge is -2.15. The quantitative estimate of drug-likeness (QED) is 0.511. The fourth-order valence-corrected chi connectivity index (χ4v) is 3.01. The molecule has 0 unspecified atom stereocenters. The molecule has 0 amide bonds. The number of aryl methyl sites for hydroxylation is 2. The molecule has 1 heterocycles. The molecule has 3 rings (SSSR count). The predicted molar refractivity (Wildman–Crippen MR) is 110 cm³/mol. The Morgan fingerprint density at radius 1 is 1.00 bits per heavy atom. The zero-order valence-electron chi connectivity index (χ0n) is 16.6. The molecule has 3 aromatic rings. The molecule has 0 fully saturated rings. The first-order chi connectivity index (χ1) is 13.6. The van der Waals surface area contributed by atoms with Gasteiger partial charge in [-0.05, 0) is 67.8 Å². The van der Waals surface area contributed by atoms with E-state index in [0.29, 0.717) is 18.8 Å². The van der Waals surface area contributed by atoms with Gasteiger partial charge in [-0.15, -0.1) is 0 Å². The van der Waals surface area contributed by atoms with Crippen molar-refractivity contribution in [3.63, 3.8) is 0 Å². The molecule has 0 bridgehead atoms. The zero-order chi connectivity index (χ0) is 19.9. The fraction of sp³-hybridized carbons (Fsp3) is 0.250. The molecule has 0 N–H and O–H groups in total. The van der Waals surface area contributed by atoms with Gasteiger partial charge in [0.25, 0.3) is 0 Å². The summed E-state index contributed by atoms with van der Waals surface area (Å²) in [5.41, 5.74) is 5.43. The van der Waals surface area contributed by atoms with Crippen molar-refractivity contribution < 1.29 is 14.3 Å². The lowest BCUT2D eigenvalue weighted by atomic mass is 10.0. The van der Waals surface area contributed by atoms with Gasteiger partial charge in [0.15, 0.2) is 0 Å². The van der Waals surface area contributed by atoms with Crippen molar-refractivity contribution in [2.45, 2.75) is 33.8 Å². The van der Waals surface area contributed by atoms with Crippen LogP contribution in [0.25, 0.3) is 11.3 Å². The molecule has 1 aromatic heterocycles. The second-order valence-electron chi connectivity index (χ2n) is 6.72. The van der Waals surface area contributed by atoms with Crippen molar-refractivity contribution >= 4 is 5.97 Å². The van der Waals surface area contributed by atoms with E-state index in [1.165, 1.54) is 0 Å². The maximum Gasteiger partial charge on any atom is 0.338 e. The molecule has 4 nitrogen and oxygen atoms in total. The van der Waals surface area contributed by atoms with Gasteiger partial charge in [-0.2, -0.15) is 0 Å². The molecule has 0 aliphatic heterocycles. The number of aromatic nitrogens is 1. The Hall–Kier alpha value is -3.14. The van der Waals surface area contributed by atoms with E-state index in [0.717, 1.165) is 40.1 Å². The van der Waals surface area contributed by atoms with Crippen molar-refractivity contribution in [2.75, 3.05) is 6.61 Å². The topological polar surface area (TPSA) is 48.4 Å². The molecule has 0 radical (unpaired) electrons. The third-order valence-corrected chi connectivity index (χ3v) is 4.58. The van der Waals surface area contributed by atoms with Gasteiger partial charge >= 0.3 is 5.97 Å². The van der Waals surface area contributed by atoms with Crippen molar-refractivity contribution in [3.8, 4) is 17.0 Å². The highest BCUT2D eigenvalue weighted by molar-refractivity contribution is 5.91. The average molecular weight is 375 g/mol. The Kier molecular flexibility index (Phi) is 6.43. The number of nitrogens with zero attached hydrogens (tertiary/aromatic N) is 1.